The van der Waals surface area contributed by atoms with E-state index in [9.17, 15) is 0 Å². The van der Waals surface area contributed by atoms with Crippen LogP contribution >= 0.6 is 11.8 Å². The molecule has 0 radical (unpaired) electrons. The average Bonchev–Trinajstić information content (AvgIpc) is 2.81. The molecule has 0 atom stereocenters. The Morgan fingerprint density at radius 3 is 3.00 bits per heavy atom. The lowest BCUT2D eigenvalue weighted by atomic mass is 10.1. The van der Waals surface area contributed by atoms with Crippen LogP contribution in [0, 0.1) is 6.92 Å². The molecule has 0 saturated carbocycles. The summed E-state index contributed by atoms with van der Waals surface area (Å²) in [5.41, 5.74) is 5.05. The van der Waals surface area contributed by atoms with Crippen molar-refractivity contribution < 1.29 is 4.74 Å². The predicted molar refractivity (Wildman–Crippen MR) is 103 cm³/mol. The molecule has 3 heteroatoms. The molecule has 0 saturated heterocycles. The molecule has 124 valence electrons. The van der Waals surface area contributed by atoms with Gasteiger partial charge in [0.2, 0.25) is 0 Å². The van der Waals surface area contributed by atoms with Gasteiger partial charge in [-0.05, 0) is 54.4 Å². The van der Waals surface area contributed by atoms with Gasteiger partial charge in [0.1, 0.15) is 12.4 Å². The Balaban J connectivity index is 1.72. The molecule has 3 rings (SSSR count). The maximum absolute atomic E-state index is 5.70. The van der Waals surface area contributed by atoms with Crippen LogP contribution in [0.5, 0.6) is 5.75 Å². The zero-order chi connectivity index (χ0) is 16.8. The Kier molecular flexibility index (Phi) is 5.76. The highest BCUT2D eigenvalue weighted by Gasteiger charge is 2.11. The normalized spacial score (nSPS) is 13.6. The van der Waals surface area contributed by atoms with E-state index in [-0.39, 0.29) is 0 Å². The van der Waals surface area contributed by atoms with Crippen molar-refractivity contribution in [2.45, 2.75) is 31.9 Å². The first-order valence-corrected chi connectivity index (χ1v) is 9.36. The second-order valence-electron chi connectivity index (χ2n) is 5.93. The van der Waals surface area contributed by atoms with Crippen molar-refractivity contribution in [1.82, 2.24) is 4.98 Å². The number of thioether (sulfide) groups is 1. The quantitative estimate of drug-likeness (QED) is 0.644. The fourth-order valence-electron chi connectivity index (χ4n) is 2.89. The molecule has 0 aliphatic heterocycles. The van der Waals surface area contributed by atoms with Gasteiger partial charge in [-0.1, -0.05) is 36.9 Å². The topological polar surface area (TPSA) is 22.1 Å². The first-order chi connectivity index (χ1) is 11.8. The third-order valence-corrected chi connectivity index (χ3v) is 5.36. The number of aromatic nitrogens is 1. The zero-order valence-corrected chi connectivity index (χ0v) is 14.9. The zero-order valence-electron chi connectivity index (χ0n) is 14.1. The summed E-state index contributed by atoms with van der Waals surface area (Å²) in [6.07, 6.45) is 9.47. The van der Waals surface area contributed by atoms with Crippen LogP contribution in [0.25, 0.3) is 6.08 Å². The summed E-state index contributed by atoms with van der Waals surface area (Å²) < 4.78 is 5.70. The van der Waals surface area contributed by atoms with E-state index in [0.29, 0.717) is 6.61 Å². The Hall–Kier alpha value is -2.00. The van der Waals surface area contributed by atoms with Gasteiger partial charge in [-0.3, -0.25) is 4.98 Å². The van der Waals surface area contributed by atoms with Gasteiger partial charge in [0.25, 0.3) is 0 Å². The largest absolute Gasteiger partial charge is 0.489 e. The third kappa shape index (κ3) is 4.09. The van der Waals surface area contributed by atoms with Gasteiger partial charge >= 0.3 is 0 Å². The number of nitrogens with zero attached hydrogens (tertiary/aromatic N) is 1. The van der Waals surface area contributed by atoms with Crippen molar-refractivity contribution in [3.8, 4) is 5.75 Å². The highest BCUT2D eigenvalue weighted by molar-refractivity contribution is 8.02. The highest BCUT2D eigenvalue weighted by Crippen LogP contribution is 2.33. The summed E-state index contributed by atoms with van der Waals surface area (Å²) in [5, 5.41) is 0. The van der Waals surface area contributed by atoms with Crippen molar-refractivity contribution >= 4 is 17.8 Å². The average molecular weight is 337 g/mol. The van der Waals surface area contributed by atoms with Crippen LogP contribution in [0.1, 0.15) is 35.2 Å². The Morgan fingerprint density at radius 2 is 2.12 bits per heavy atom. The van der Waals surface area contributed by atoms with Crippen LogP contribution in [-0.2, 0) is 12.2 Å². The van der Waals surface area contributed by atoms with E-state index in [1.54, 1.807) is 6.08 Å². The second-order valence-corrected chi connectivity index (χ2v) is 7.03. The molecule has 0 fully saturated rings. The number of rotatable bonds is 6. The SMILES string of the molecule is C=CCOc1ccnc(CSC2=Cc3ccccc3CCC2)c1C. The maximum atomic E-state index is 5.70. The standard InChI is InChI=1S/C21H23NOS/c1-3-13-23-21-11-12-22-20(16(21)2)15-24-19-10-6-9-17-7-4-5-8-18(17)14-19/h3-5,7-8,11-12,14H,1,6,9-10,13,15H2,2H3. The number of hydrogen-bond donors (Lipinski definition) is 0. The van der Waals surface area contributed by atoms with Gasteiger partial charge in [-0.15, -0.1) is 11.8 Å². The number of ether oxygens (including phenoxy) is 1. The molecule has 0 amide bonds. The van der Waals surface area contributed by atoms with E-state index >= 15 is 0 Å². The molecule has 1 aliphatic rings. The van der Waals surface area contributed by atoms with Gasteiger partial charge in [0.05, 0.1) is 5.69 Å². The van der Waals surface area contributed by atoms with Gasteiger partial charge in [-0.2, -0.15) is 0 Å². The number of pyridine rings is 1. The maximum Gasteiger partial charge on any atom is 0.126 e. The highest BCUT2D eigenvalue weighted by atomic mass is 32.2. The van der Waals surface area contributed by atoms with Crippen molar-refractivity contribution in [3.05, 3.63) is 76.5 Å². The fourth-order valence-corrected chi connectivity index (χ4v) is 4.00. The summed E-state index contributed by atoms with van der Waals surface area (Å²) >= 11 is 1.90. The van der Waals surface area contributed by atoms with Gasteiger partial charge in [0.15, 0.2) is 0 Å². The molecule has 1 aromatic heterocycles. The van der Waals surface area contributed by atoms with Crippen LogP contribution in [0.3, 0.4) is 0 Å². The van der Waals surface area contributed by atoms with E-state index in [1.807, 2.05) is 24.0 Å². The Morgan fingerprint density at radius 1 is 1.25 bits per heavy atom. The molecular weight excluding hydrogens is 314 g/mol. The molecule has 2 aromatic rings. The number of aryl methyl sites for hydroxylation is 1. The molecule has 2 nitrogen and oxygen atoms in total. The number of benzene rings is 1. The van der Waals surface area contributed by atoms with Gasteiger partial charge in [-0.25, -0.2) is 0 Å². The number of allylic oxidation sites excluding steroid dienone is 1. The first kappa shape index (κ1) is 16.8. The molecule has 1 aromatic carbocycles. The number of hydrogen-bond acceptors (Lipinski definition) is 3. The van der Waals surface area contributed by atoms with Crippen LogP contribution in [0.2, 0.25) is 0 Å². The van der Waals surface area contributed by atoms with Crippen LogP contribution in [0.4, 0.5) is 0 Å². The minimum absolute atomic E-state index is 0.527. The summed E-state index contributed by atoms with van der Waals surface area (Å²) in [7, 11) is 0. The van der Waals surface area contributed by atoms with E-state index in [0.717, 1.165) is 29.2 Å². The lowest BCUT2D eigenvalue weighted by Gasteiger charge is -2.11. The second kappa shape index (κ2) is 8.20. The van der Waals surface area contributed by atoms with E-state index < -0.39 is 0 Å². The molecule has 0 unspecified atom stereocenters. The summed E-state index contributed by atoms with van der Waals surface area (Å²) in [4.78, 5) is 5.99. The fraction of sp³-hybridized carbons (Fsp3) is 0.286. The lowest BCUT2D eigenvalue weighted by Crippen LogP contribution is -1.99. The van der Waals surface area contributed by atoms with E-state index in [1.165, 1.54) is 28.9 Å². The van der Waals surface area contributed by atoms with E-state index in [4.69, 9.17) is 4.74 Å². The minimum atomic E-state index is 0.527. The van der Waals surface area contributed by atoms with Crippen LogP contribution < -0.4 is 4.74 Å². The van der Waals surface area contributed by atoms with Gasteiger partial charge in [0, 0.05) is 17.5 Å². The van der Waals surface area contributed by atoms with E-state index in [2.05, 4.69) is 48.8 Å². The predicted octanol–water partition coefficient (Wildman–Crippen LogP) is 5.57. The third-order valence-electron chi connectivity index (χ3n) is 4.25. The van der Waals surface area contributed by atoms with Crippen molar-refractivity contribution in [2.24, 2.45) is 0 Å². The minimum Gasteiger partial charge on any atom is -0.489 e. The molecule has 1 aliphatic carbocycles. The van der Waals surface area contributed by atoms with Crippen molar-refractivity contribution in [3.63, 3.8) is 0 Å². The van der Waals surface area contributed by atoms with Crippen LogP contribution in [0.15, 0.2) is 54.1 Å². The van der Waals surface area contributed by atoms with Crippen molar-refractivity contribution in [2.75, 3.05) is 6.61 Å². The molecule has 0 bridgehead atoms. The molecule has 24 heavy (non-hydrogen) atoms. The molecule has 0 N–H and O–H groups in total. The first-order valence-electron chi connectivity index (χ1n) is 8.37. The number of fused-ring (bicyclic) bond motifs is 1. The smallest absolute Gasteiger partial charge is 0.126 e. The Labute approximate surface area is 148 Å². The summed E-state index contributed by atoms with van der Waals surface area (Å²) in [6, 6.07) is 10.6. The molecule has 1 heterocycles. The summed E-state index contributed by atoms with van der Waals surface area (Å²) in [5.74, 6) is 1.78. The lowest BCUT2D eigenvalue weighted by molar-refractivity contribution is 0.359. The van der Waals surface area contributed by atoms with Gasteiger partial charge < -0.3 is 4.74 Å². The Bertz CT molecular complexity index is 751. The molecule has 0 spiro atoms. The van der Waals surface area contributed by atoms with Crippen LogP contribution in [-0.4, -0.2) is 11.6 Å². The van der Waals surface area contributed by atoms with Crippen molar-refractivity contribution in [1.29, 1.82) is 0 Å². The molecular formula is C21H23NOS. The monoisotopic (exact) mass is 337 g/mol. The summed E-state index contributed by atoms with van der Waals surface area (Å²) in [6.45, 7) is 6.31.